The highest BCUT2D eigenvalue weighted by Gasteiger charge is 2.32. The molecule has 3 aromatic carbocycles. The lowest BCUT2D eigenvalue weighted by molar-refractivity contribution is 0.122. The molecule has 2 aliphatic heterocycles. The van der Waals surface area contributed by atoms with Gasteiger partial charge in [0.15, 0.2) is 5.82 Å². The summed E-state index contributed by atoms with van der Waals surface area (Å²) in [4.78, 5) is 4.12. The predicted octanol–water partition coefficient (Wildman–Crippen LogP) is 6.27. The van der Waals surface area contributed by atoms with Crippen molar-refractivity contribution in [2.45, 2.75) is 0 Å². The van der Waals surface area contributed by atoms with E-state index >= 15 is 0 Å². The molecule has 0 atom stereocenters. The number of anilines is 2. The van der Waals surface area contributed by atoms with Gasteiger partial charge in [0.1, 0.15) is 28.2 Å². The molecule has 1 saturated heterocycles. The van der Waals surface area contributed by atoms with E-state index in [1.54, 1.807) is 19.2 Å². The van der Waals surface area contributed by atoms with Crippen LogP contribution in [0.25, 0.3) is 17.0 Å². The number of thioether (sulfide) groups is 1. The molecule has 0 unspecified atom stereocenters. The molecule has 0 saturated carbocycles. The van der Waals surface area contributed by atoms with Crippen LogP contribution < -0.4 is 14.5 Å². The molecule has 0 radical (unpaired) electrons. The standard InChI is InChI=1S/C30H25FN6O2S.BrH/c1-38-25-13-11-24(12-14-25)36-27(21-7-9-22(31)10-8-21)20-40-29(36)26(19-32)28-33-34-30(35-15-17-39-18-16-35)37(28)23-5-3-2-4-6-23;/h2-14,20H,15-18H2,1H3;1H/b29-26-;. The number of nitriles is 1. The van der Waals surface area contributed by atoms with E-state index in [1.165, 1.54) is 23.9 Å². The van der Waals surface area contributed by atoms with Gasteiger partial charge in [-0.1, -0.05) is 30.0 Å². The number of nitrogens with zero attached hydrogens (tertiary/aromatic N) is 6. The van der Waals surface area contributed by atoms with Crippen LogP contribution in [0.3, 0.4) is 0 Å². The Hall–Kier alpha value is -4.11. The zero-order valence-electron chi connectivity index (χ0n) is 22.1. The molecule has 3 heterocycles. The SMILES string of the molecule is Br.COc1ccc(N2C(c3ccc(F)cc3)=CS/C2=C(/C#N)c2nnc(N3CCOCC3)n2-c2ccccc2)cc1. The van der Waals surface area contributed by atoms with E-state index in [4.69, 9.17) is 9.47 Å². The van der Waals surface area contributed by atoms with Crippen molar-refractivity contribution in [1.29, 1.82) is 5.26 Å². The molecule has 8 nitrogen and oxygen atoms in total. The van der Waals surface area contributed by atoms with Gasteiger partial charge in [-0.2, -0.15) is 5.26 Å². The first kappa shape index (κ1) is 28.4. The number of allylic oxidation sites excluding steroid dienone is 1. The van der Waals surface area contributed by atoms with Gasteiger partial charge in [-0.15, -0.1) is 27.2 Å². The van der Waals surface area contributed by atoms with Crippen LogP contribution in [0, 0.1) is 17.1 Å². The van der Waals surface area contributed by atoms with Crippen LogP contribution in [0.2, 0.25) is 0 Å². The number of halogens is 2. The van der Waals surface area contributed by atoms with Crippen LogP contribution in [0.15, 0.2) is 89.3 Å². The van der Waals surface area contributed by atoms with Gasteiger partial charge in [-0.3, -0.25) is 4.57 Å². The maximum atomic E-state index is 13.8. The third-order valence-corrected chi connectivity index (χ3v) is 7.65. The molecular weight excluding hydrogens is 607 g/mol. The average Bonchev–Trinajstić information content (AvgIpc) is 3.65. The molecule has 0 spiro atoms. The summed E-state index contributed by atoms with van der Waals surface area (Å²) in [6, 6.07) is 26.1. The van der Waals surface area contributed by atoms with E-state index in [9.17, 15) is 9.65 Å². The number of aromatic nitrogens is 3. The van der Waals surface area contributed by atoms with E-state index < -0.39 is 0 Å². The van der Waals surface area contributed by atoms with Gasteiger partial charge in [0.2, 0.25) is 5.95 Å². The first-order chi connectivity index (χ1) is 19.7. The van der Waals surface area contributed by atoms with Gasteiger partial charge in [-0.05, 0) is 66.2 Å². The maximum absolute atomic E-state index is 13.8. The highest BCUT2D eigenvalue weighted by atomic mass is 79.9. The fourth-order valence-corrected chi connectivity index (χ4v) is 5.75. The summed E-state index contributed by atoms with van der Waals surface area (Å²) >= 11 is 1.42. The number of benzene rings is 3. The van der Waals surface area contributed by atoms with Gasteiger partial charge >= 0.3 is 0 Å². The Morgan fingerprint density at radius 2 is 1.66 bits per heavy atom. The summed E-state index contributed by atoms with van der Waals surface area (Å²) < 4.78 is 26.6. The second-order valence-electron chi connectivity index (χ2n) is 9.05. The van der Waals surface area contributed by atoms with E-state index in [2.05, 4.69) is 21.2 Å². The predicted molar refractivity (Wildman–Crippen MR) is 165 cm³/mol. The maximum Gasteiger partial charge on any atom is 0.232 e. The molecule has 0 aliphatic carbocycles. The molecule has 0 N–H and O–H groups in total. The molecule has 208 valence electrons. The number of methoxy groups -OCH3 is 1. The van der Waals surface area contributed by atoms with Gasteiger partial charge in [0.05, 0.1) is 31.7 Å². The first-order valence-electron chi connectivity index (χ1n) is 12.7. The minimum Gasteiger partial charge on any atom is -0.497 e. The van der Waals surface area contributed by atoms with Crippen molar-refractivity contribution >= 4 is 51.6 Å². The first-order valence-corrected chi connectivity index (χ1v) is 13.6. The molecule has 1 aromatic heterocycles. The molecular formula is C30H26BrFN6O2S. The van der Waals surface area contributed by atoms with Crippen molar-refractivity contribution in [3.05, 3.63) is 107 Å². The zero-order valence-corrected chi connectivity index (χ0v) is 24.6. The largest absolute Gasteiger partial charge is 0.497 e. The third kappa shape index (κ3) is 5.59. The van der Waals surface area contributed by atoms with Crippen LogP contribution in [-0.4, -0.2) is 48.2 Å². The fraction of sp³-hybridized carbons (Fsp3) is 0.167. The molecule has 2 aliphatic rings. The Morgan fingerprint density at radius 1 is 0.951 bits per heavy atom. The molecule has 4 aromatic rings. The normalized spacial score (nSPS) is 16.1. The molecule has 11 heteroatoms. The third-order valence-electron chi connectivity index (χ3n) is 6.70. The van der Waals surface area contributed by atoms with Gasteiger partial charge in [-0.25, -0.2) is 4.39 Å². The summed E-state index contributed by atoms with van der Waals surface area (Å²) in [7, 11) is 1.62. The van der Waals surface area contributed by atoms with Crippen LogP contribution in [0.4, 0.5) is 16.0 Å². The lowest BCUT2D eigenvalue weighted by Gasteiger charge is -2.28. The van der Waals surface area contributed by atoms with E-state index in [0.29, 0.717) is 54.4 Å². The lowest BCUT2D eigenvalue weighted by atomic mass is 10.1. The molecule has 6 rings (SSSR count). The Kier molecular flexibility index (Phi) is 8.73. The summed E-state index contributed by atoms with van der Waals surface area (Å²) in [6.45, 7) is 2.53. The van der Waals surface area contributed by atoms with Crippen molar-refractivity contribution < 1.29 is 13.9 Å². The number of hydrogen-bond donors (Lipinski definition) is 0. The van der Waals surface area contributed by atoms with Crippen molar-refractivity contribution in [2.75, 3.05) is 43.2 Å². The van der Waals surface area contributed by atoms with Crippen LogP contribution >= 0.6 is 28.7 Å². The number of ether oxygens (including phenoxy) is 2. The summed E-state index contributed by atoms with van der Waals surface area (Å²) in [5.41, 5.74) is 3.67. The van der Waals surface area contributed by atoms with E-state index in [0.717, 1.165) is 22.6 Å². The molecule has 41 heavy (non-hydrogen) atoms. The highest BCUT2D eigenvalue weighted by molar-refractivity contribution is 8.93. The minimum absolute atomic E-state index is 0. The summed E-state index contributed by atoms with van der Waals surface area (Å²) in [6.07, 6.45) is 0. The molecule has 0 amide bonds. The highest BCUT2D eigenvalue weighted by Crippen LogP contribution is 2.46. The van der Waals surface area contributed by atoms with Gasteiger partial charge in [0, 0.05) is 24.2 Å². The van der Waals surface area contributed by atoms with Gasteiger partial charge in [0.25, 0.3) is 0 Å². The summed E-state index contributed by atoms with van der Waals surface area (Å²) in [5.74, 6) is 1.49. The van der Waals surface area contributed by atoms with Crippen molar-refractivity contribution in [3.63, 3.8) is 0 Å². The zero-order chi connectivity index (χ0) is 27.5. The van der Waals surface area contributed by atoms with E-state index in [1.807, 2.05) is 69.5 Å². The molecule has 1 fully saturated rings. The Morgan fingerprint density at radius 3 is 2.32 bits per heavy atom. The second kappa shape index (κ2) is 12.6. The van der Waals surface area contributed by atoms with Crippen molar-refractivity contribution in [3.8, 4) is 17.5 Å². The Labute approximate surface area is 252 Å². The monoisotopic (exact) mass is 632 g/mol. The average molecular weight is 634 g/mol. The Balaban J connectivity index is 0.00000337. The van der Waals surface area contributed by atoms with E-state index in [-0.39, 0.29) is 22.8 Å². The minimum atomic E-state index is -0.314. The topological polar surface area (TPSA) is 79.4 Å². The number of hydrogen-bond acceptors (Lipinski definition) is 8. The van der Waals surface area contributed by atoms with Crippen LogP contribution in [0.1, 0.15) is 11.4 Å². The smallest absolute Gasteiger partial charge is 0.232 e. The number of rotatable bonds is 6. The fourth-order valence-electron chi connectivity index (χ4n) is 4.72. The number of para-hydroxylation sites is 1. The lowest BCUT2D eigenvalue weighted by Crippen LogP contribution is -2.38. The van der Waals surface area contributed by atoms with Crippen molar-refractivity contribution in [1.82, 2.24) is 14.8 Å². The quantitative estimate of drug-likeness (QED) is 0.230. The Bertz CT molecular complexity index is 1610. The summed E-state index contributed by atoms with van der Waals surface area (Å²) in [5, 5.41) is 22.4. The van der Waals surface area contributed by atoms with Crippen molar-refractivity contribution in [2.24, 2.45) is 0 Å². The second-order valence-corrected chi connectivity index (χ2v) is 9.91. The van der Waals surface area contributed by atoms with Crippen LogP contribution in [0.5, 0.6) is 5.75 Å². The van der Waals surface area contributed by atoms with Gasteiger partial charge < -0.3 is 19.3 Å². The van der Waals surface area contributed by atoms with Crippen LogP contribution in [-0.2, 0) is 4.74 Å². The molecule has 0 bridgehead atoms. The number of morpholine rings is 1.